The van der Waals surface area contributed by atoms with E-state index >= 15 is 0 Å². The first-order valence-electron chi connectivity index (χ1n) is 8.45. The van der Waals surface area contributed by atoms with Gasteiger partial charge in [0.1, 0.15) is 0 Å². The summed E-state index contributed by atoms with van der Waals surface area (Å²) in [5.41, 5.74) is 1.54. The van der Waals surface area contributed by atoms with Crippen molar-refractivity contribution in [3.05, 3.63) is 89.0 Å². The third-order valence-corrected chi connectivity index (χ3v) is 6.86. The fraction of sp³-hybridized carbons (Fsp3) is 0. The highest BCUT2D eigenvalue weighted by Gasteiger charge is 2.18. The van der Waals surface area contributed by atoms with Crippen LogP contribution in [0.15, 0.2) is 83.3 Å². The Hall–Kier alpha value is -2.94. The quantitative estimate of drug-likeness (QED) is 0.482. The second kappa shape index (κ2) is 7.82. The van der Waals surface area contributed by atoms with Crippen molar-refractivity contribution in [2.45, 2.75) is 4.90 Å². The van der Waals surface area contributed by atoms with Gasteiger partial charge in [-0.15, -0.1) is 11.3 Å². The van der Waals surface area contributed by atoms with Crippen LogP contribution in [0.2, 0.25) is 5.02 Å². The summed E-state index contributed by atoms with van der Waals surface area (Å²) in [5, 5.41) is 5.20. The minimum atomic E-state index is -3.67. The number of carbonyl (C=O) groups is 1. The first kappa shape index (κ1) is 19.4. The van der Waals surface area contributed by atoms with Crippen LogP contribution in [0.4, 0.5) is 5.13 Å². The molecule has 146 valence electrons. The fourth-order valence-electron chi connectivity index (χ4n) is 2.67. The second-order valence-corrected chi connectivity index (χ2v) is 9.13. The molecule has 6 nitrogen and oxygen atoms in total. The number of nitrogens with zero attached hydrogens (tertiary/aromatic N) is 2. The second-order valence-electron chi connectivity index (χ2n) is 6.02. The molecule has 0 aliphatic rings. The number of amides is 1. The Labute approximate surface area is 176 Å². The molecule has 1 N–H and O–H groups in total. The Morgan fingerprint density at radius 1 is 1.03 bits per heavy atom. The summed E-state index contributed by atoms with van der Waals surface area (Å²) in [4.78, 5) is 16.9. The van der Waals surface area contributed by atoms with Crippen molar-refractivity contribution in [2.24, 2.45) is 0 Å². The number of anilines is 1. The predicted molar refractivity (Wildman–Crippen MR) is 114 cm³/mol. The zero-order valence-electron chi connectivity index (χ0n) is 14.8. The fourth-order valence-corrected chi connectivity index (χ4v) is 4.82. The van der Waals surface area contributed by atoms with Crippen LogP contribution in [-0.2, 0) is 10.0 Å². The lowest BCUT2D eigenvalue weighted by Crippen LogP contribution is -2.12. The smallest absolute Gasteiger partial charge is 0.267 e. The predicted octanol–water partition coefficient (Wildman–Crippen LogP) is 4.75. The molecular formula is C20H14ClN3O3S2. The molecule has 9 heteroatoms. The van der Waals surface area contributed by atoms with Gasteiger partial charge < -0.3 is 0 Å². The maximum atomic E-state index is 12.7. The number of carbonyl (C=O) groups excluding carboxylic acids is 1. The summed E-state index contributed by atoms with van der Waals surface area (Å²) in [6, 6.07) is 16.6. The molecule has 2 aromatic heterocycles. The van der Waals surface area contributed by atoms with E-state index in [1.165, 1.54) is 23.7 Å². The third kappa shape index (κ3) is 3.95. The van der Waals surface area contributed by atoms with Crippen molar-refractivity contribution in [3.8, 4) is 11.3 Å². The normalized spacial score (nSPS) is 11.3. The van der Waals surface area contributed by atoms with Gasteiger partial charge in [0.15, 0.2) is 5.13 Å². The monoisotopic (exact) mass is 443 g/mol. The first-order valence-corrected chi connectivity index (χ1v) is 11.2. The van der Waals surface area contributed by atoms with Crippen LogP contribution in [0.3, 0.4) is 0 Å². The zero-order chi connectivity index (χ0) is 20.4. The summed E-state index contributed by atoms with van der Waals surface area (Å²) < 4.78 is 26.5. The number of hydrogen-bond acceptors (Lipinski definition) is 5. The van der Waals surface area contributed by atoms with E-state index in [1.54, 1.807) is 66.0 Å². The molecule has 0 saturated carbocycles. The molecule has 0 spiro atoms. The highest BCUT2D eigenvalue weighted by atomic mass is 35.5. The van der Waals surface area contributed by atoms with Crippen LogP contribution in [0.5, 0.6) is 0 Å². The standard InChI is InChI=1S/C20H14ClN3O3S2/c21-17-9-5-4-8-16(17)19(25)23-20-22-18(13-28-20)14-10-11-24(12-14)29(26,27)15-6-2-1-3-7-15/h1-13H,(H,22,23,25). The molecule has 2 aromatic carbocycles. The van der Waals surface area contributed by atoms with Crippen molar-refractivity contribution < 1.29 is 13.2 Å². The number of thiazole rings is 1. The topological polar surface area (TPSA) is 81.1 Å². The van der Waals surface area contributed by atoms with E-state index in [2.05, 4.69) is 10.3 Å². The third-order valence-electron chi connectivity index (χ3n) is 4.12. The number of aromatic nitrogens is 2. The molecule has 0 saturated heterocycles. The molecule has 29 heavy (non-hydrogen) atoms. The van der Waals surface area contributed by atoms with Crippen LogP contribution < -0.4 is 5.32 Å². The number of hydrogen-bond donors (Lipinski definition) is 1. The van der Waals surface area contributed by atoms with Gasteiger partial charge in [0.05, 0.1) is 21.2 Å². The van der Waals surface area contributed by atoms with E-state index in [0.717, 1.165) is 3.97 Å². The molecule has 2 heterocycles. The lowest BCUT2D eigenvalue weighted by atomic mass is 10.2. The van der Waals surface area contributed by atoms with Crippen LogP contribution in [0.25, 0.3) is 11.3 Å². The average Bonchev–Trinajstić information content (AvgIpc) is 3.39. The Bertz CT molecular complexity index is 1280. The summed E-state index contributed by atoms with van der Waals surface area (Å²) >= 11 is 7.29. The molecule has 0 fully saturated rings. The van der Waals surface area contributed by atoms with E-state index in [0.29, 0.717) is 27.0 Å². The molecule has 4 rings (SSSR count). The first-order chi connectivity index (χ1) is 13.9. The maximum Gasteiger partial charge on any atom is 0.267 e. The highest BCUT2D eigenvalue weighted by molar-refractivity contribution is 7.90. The Balaban J connectivity index is 1.55. The molecule has 1 amide bonds. The van der Waals surface area contributed by atoms with Gasteiger partial charge in [-0.05, 0) is 30.3 Å². The number of halogens is 1. The zero-order valence-corrected chi connectivity index (χ0v) is 17.2. The summed E-state index contributed by atoms with van der Waals surface area (Å²) in [6.45, 7) is 0. The largest absolute Gasteiger partial charge is 0.298 e. The van der Waals surface area contributed by atoms with E-state index in [1.807, 2.05) is 0 Å². The maximum absolute atomic E-state index is 12.7. The highest BCUT2D eigenvalue weighted by Crippen LogP contribution is 2.27. The SMILES string of the molecule is O=C(Nc1nc(-c2ccn(S(=O)(=O)c3ccccc3)c2)cs1)c1ccccc1Cl. The van der Waals surface area contributed by atoms with E-state index in [9.17, 15) is 13.2 Å². The van der Waals surface area contributed by atoms with Gasteiger partial charge in [-0.2, -0.15) is 0 Å². The van der Waals surface area contributed by atoms with Crippen molar-refractivity contribution >= 4 is 44.0 Å². The van der Waals surface area contributed by atoms with E-state index < -0.39 is 10.0 Å². The van der Waals surface area contributed by atoms with Gasteiger partial charge in [-0.1, -0.05) is 41.9 Å². The number of nitrogens with one attached hydrogen (secondary N) is 1. The molecule has 4 aromatic rings. The van der Waals surface area contributed by atoms with Crippen molar-refractivity contribution in [1.29, 1.82) is 0 Å². The minimum Gasteiger partial charge on any atom is -0.298 e. The van der Waals surface area contributed by atoms with Gasteiger partial charge in [0.2, 0.25) is 0 Å². The average molecular weight is 444 g/mol. The lowest BCUT2D eigenvalue weighted by Gasteiger charge is -2.04. The molecule has 0 atom stereocenters. The number of benzene rings is 2. The van der Waals surface area contributed by atoms with Crippen molar-refractivity contribution in [1.82, 2.24) is 8.96 Å². The molecule has 0 radical (unpaired) electrons. The van der Waals surface area contributed by atoms with Crippen LogP contribution in [0.1, 0.15) is 10.4 Å². The van der Waals surface area contributed by atoms with E-state index in [-0.39, 0.29) is 10.8 Å². The Morgan fingerprint density at radius 2 is 1.76 bits per heavy atom. The van der Waals surface area contributed by atoms with Gasteiger partial charge in [0, 0.05) is 23.3 Å². The van der Waals surface area contributed by atoms with Crippen molar-refractivity contribution in [3.63, 3.8) is 0 Å². The van der Waals surface area contributed by atoms with Gasteiger partial charge in [-0.3, -0.25) is 10.1 Å². The van der Waals surface area contributed by atoms with Crippen LogP contribution in [0, 0.1) is 0 Å². The summed E-state index contributed by atoms with van der Waals surface area (Å²) in [6.07, 6.45) is 2.97. The number of rotatable bonds is 5. The Morgan fingerprint density at radius 3 is 2.52 bits per heavy atom. The van der Waals surface area contributed by atoms with Crippen LogP contribution >= 0.6 is 22.9 Å². The Kier molecular flexibility index (Phi) is 5.23. The molecular weight excluding hydrogens is 430 g/mol. The van der Waals surface area contributed by atoms with Gasteiger partial charge in [0.25, 0.3) is 15.9 Å². The molecule has 0 aliphatic heterocycles. The van der Waals surface area contributed by atoms with Gasteiger partial charge >= 0.3 is 0 Å². The summed E-state index contributed by atoms with van der Waals surface area (Å²) in [7, 11) is -3.67. The van der Waals surface area contributed by atoms with Crippen LogP contribution in [-0.4, -0.2) is 23.3 Å². The lowest BCUT2D eigenvalue weighted by molar-refractivity contribution is 0.102. The molecule has 0 unspecified atom stereocenters. The molecule has 0 aliphatic carbocycles. The minimum absolute atomic E-state index is 0.202. The summed E-state index contributed by atoms with van der Waals surface area (Å²) in [5.74, 6) is -0.360. The van der Waals surface area contributed by atoms with Crippen molar-refractivity contribution in [2.75, 3.05) is 5.32 Å². The van der Waals surface area contributed by atoms with E-state index in [4.69, 9.17) is 11.6 Å². The van der Waals surface area contributed by atoms with Gasteiger partial charge in [-0.25, -0.2) is 17.4 Å². The molecule has 0 bridgehead atoms.